The number of aromatic nitrogens is 7. The molecule has 0 radical (unpaired) electrons. The van der Waals surface area contributed by atoms with Crippen LogP contribution >= 0.6 is 0 Å². The van der Waals surface area contributed by atoms with E-state index in [2.05, 4.69) is 26.6 Å². The van der Waals surface area contributed by atoms with Crippen molar-refractivity contribution in [3.63, 3.8) is 0 Å². The van der Waals surface area contributed by atoms with Crippen molar-refractivity contribution in [2.75, 3.05) is 0 Å². The summed E-state index contributed by atoms with van der Waals surface area (Å²) in [6, 6.07) is 18.8. The maximum Gasteiger partial charge on any atom is 0.161 e. The number of nitrogens with zero attached hydrogens (tertiary/aromatic N) is 8. The Bertz CT molecular complexity index is 1570. The molecule has 10 heteroatoms. The summed E-state index contributed by atoms with van der Waals surface area (Å²) < 4.78 is 9.35. The lowest BCUT2D eigenvalue weighted by molar-refractivity contribution is 0.101. The number of tetrazole rings is 1. The molecule has 1 unspecified atom stereocenters. The molecule has 2 aromatic carbocycles. The van der Waals surface area contributed by atoms with Crippen LogP contribution < -0.4 is 4.74 Å². The lowest BCUT2D eigenvalue weighted by Gasteiger charge is -2.15. The molecule has 35 heavy (non-hydrogen) atoms. The molecule has 0 aliphatic carbocycles. The summed E-state index contributed by atoms with van der Waals surface area (Å²) in [7, 11) is 0. The van der Waals surface area contributed by atoms with Crippen LogP contribution in [-0.4, -0.2) is 46.7 Å². The van der Waals surface area contributed by atoms with Crippen molar-refractivity contribution < 1.29 is 9.53 Å². The molecular formula is C25H20N8O2. The van der Waals surface area contributed by atoms with E-state index in [1.165, 1.54) is 6.92 Å². The van der Waals surface area contributed by atoms with Crippen LogP contribution in [0.5, 0.6) is 5.75 Å². The molecule has 5 rings (SSSR count). The van der Waals surface area contributed by atoms with E-state index in [4.69, 9.17) is 9.84 Å². The first-order valence-electron chi connectivity index (χ1n) is 10.9. The highest BCUT2D eigenvalue weighted by Crippen LogP contribution is 2.29. The molecular weight excluding hydrogens is 444 g/mol. The number of carbonyl (C=O) groups excluding carboxylic acids is 1. The molecule has 0 aliphatic rings. The Morgan fingerprint density at radius 3 is 2.80 bits per heavy atom. The molecule has 3 heterocycles. The summed E-state index contributed by atoms with van der Waals surface area (Å²) in [6.07, 6.45) is 3.05. The minimum absolute atomic E-state index is 0.151. The van der Waals surface area contributed by atoms with Gasteiger partial charge in [0.2, 0.25) is 0 Å². The highest BCUT2D eigenvalue weighted by molar-refractivity contribution is 5.98. The minimum atomic E-state index is -0.169. The number of ketones is 1. The number of rotatable bonds is 7. The van der Waals surface area contributed by atoms with Crippen LogP contribution in [0.15, 0.2) is 67.1 Å². The largest absolute Gasteiger partial charge is 0.489 e. The van der Waals surface area contributed by atoms with E-state index in [1.807, 2.05) is 43.3 Å². The normalized spacial score (nSPS) is 11.8. The fourth-order valence-corrected chi connectivity index (χ4v) is 3.92. The molecule has 1 atom stereocenters. The SMILES string of the molecule is CC(=O)c1cccc(-c2cnc3ccc(-c4cccc(OC(C)Cn5cnnn5)c4)nn23)c1C#N. The van der Waals surface area contributed by atoms with E-state index in [9.17, 15) is 10.1 Å². The molecule has 0 amide bonds. The molecule has 5 aromatic rings. The zero-order valence-corrected chi connectivity index (χ0v) is 19.0. The Morgan fingerprint density at radius 1 is 1.17 bits per heavy atom. The lowest BCUT2D eigenvalue weighted by Crippen LogP contribution is -2.20. The smallest absolute Gasteiger partial charge is 0.161 e. The van der Waals surface area contributed by atoms with Gasteiger partial charge in [-0.3, -0.25) is 4.79 Å². The summed E-state index contributed by atoms with van der Waals surface area (Å²) in [5.41, 5.74) is 4.10. The lowest BCUT2D eigenvalue weighted by atomic mass is 9.98. The zero-order valence-electron chi connectivity index (χ0n) is 19.0. The number of hydrogen-bond acceptors (Lipinski definition) is 8. The highest BCUT2D eigenvalue weighted by Gasteiger charge is 2.17. The molecule has 0 aliphatic heterocycles. The number of fused-ring (bicyclic) bond motifs is 1. The molecule has 10 nitrogen and oxygen atoms in total. The molecule has 0 N–H and O–H groups in total. The number of carbonyl (C=O) groups is 1. The van der Waals surface area contributed by atoms with E-state index in [0.717, 1.165) is 5.56 Å². The Morgan fingerprint density at radius 2 is 2.03 bits per heavy atom. The average molecular weight is 464 g/mol. The molecule has 0 bridgehead atoms. The number of ether oxygens (including phenoxy) is 1. The highest BCUT2D eigenvalue weighted by atomic mass is 16.5. The van der Waals surface area contributed by atoms with Crippen LogP contribution in [-0.2, 0) is 6.54 Å². The Labute approximate surface area is 200 Å². The van der Waals surface area contributed by atoms with Gasteiger partial charge in [-0.1, -0.05) is 30.3 Å². The van der Waals surface area contributed by atoms with Crippen molar-refractivity contribution in [2.24, 2.45) is 0 Å². The zero-order chi connectivity index (χ0) is 24.4. The second-order valence-electron chi connectivity index (χ2n) is 8.02. The third-order valence-electron chi connectivity index (χ3n) is 5.50. The molecule has 0 fully saturated rings. The molecule has 0 spiro atoms. The van der Waals surface area contributed by atoms with Crippen molar-refractivity contribution >= 4 is 11.4 Å². The second-order valence-corrected chi connectivity index (χ2v) is 8.02. The average Bonchev–Trinajstić information content (AvgIpc) is 3.53. The van der Waals surface area contributed by atoms with Crippen molar-refractivity contribution in [3.05, 3.63) is 78.2 Å². The van der Waals surface area contributed by atoms with E-state index in [-0.39, 0.29) is 11.9 Å². The number of imidazole rings is 1. The first-order valence-corrected chi connectivity index (χ1v) is 10.9. The molecule has 172 valence electrons. The fourth-order valence-electron chi connectivity index (χ4n) is 3.92. The fraction of sp³-hybridized carbons (Fsp3) is 0.160. The molecule has 0 saturated heterocycles. The summed E-state index contributed by atoms with van der Waals surface area (Å²) >= 11 is 0. The predicted molar refractivity (Wildman–Crippen MR) is 126 cm³/mol. The minimum Gasteiger partial charge on any atom is -0.489 e. The van der Waals surface area contributed by atoms with Crippen LogP contribution in [0.1, 0.15) is 29.8 Å². The predicted octanol–water partition coefficient (Wildman–Crippen LogP) is 3.59. The van der Waals surface area contributed by atoms with Crippen LogP contribution in [0.25, 0.3) is 28.2 Å². The van der Waals surface area contributed by atoms with Gasteiger partial charge in [0.25, 0.3) is 0 Å². The second kappa shape index (κ2) is 9.15. The third kappa shape index (κ3) is 4.35. The van der Waals surface area contributed by atoms with Crippen LogP contribution in [0.4, 0.5) is 0 Å². The summed E-state index contributed by atoms with van der Waals surface area (Å²) in [5.74, 6) is 0.522. The van der Waals surface area contributed by atoms with E-state index >= 15 is 0 Å². The standard InChI is InChI=1S/C25H20N8O2/c1-16(14-32-15-28-30-31-32)35-19-6-3-5-18(11-19)23-9-10-25-27-13-24(33(25)29-23)21-8-4-7-20(17(2)34)22(21)12-26/h3-11,13,15-16H,14H2,1-2H3. The number of Topliss-reactive ketones (excluding diaryl/α,β-unsaturated/α-hetero) is 1. The first kappa shape index (κ1) is 21.9. The molecule has 0 saturated carbocycles. The maximum absolute atomic E-state index is 12.0. The number of nitriles is 1. The quantitative estimate of drug-likeness (QED) is 0.335. The van der Waals surface area contributed by atoms with Crippen molar-refractivity contribution in [1.29, 1.82) is 5.26 Å². The number of benzene rings is 2. The Kier molecular flexibility index (Phi) is 5.73. The van der Waals surface area contributed by atoms with Gasteiger partial charge >= 0.3 is 0 Å². The van der Waals surface area contributed by atoms with Crippen molar-refractivity contribution in [3.8, 4) is 34.3 Å². The monoisotopic (exact) mass is 464 g/mol. The summed E-state index contributed by atoms with van der Waals surface area (Å²) in [4.78, 5) is 16.5. The van der Waals surface area contributed by atoms with Gasteiger partial charge in [0.1, 0.15) is 24.3 Å². The van der Waals surface area contributed by atoms with E-state index < -0.39 is 0 Å². The summed E-state index contributed by atoms with van der Waals surface area (Å²) in [5, 5.41) is 25.7. The van der Waals surface area contributed by atoms with Gasteiger partial charge in [0.15, 0.2) is 11.4 Å². The van der Waals surface area contributed by atoms with Gasteiger partial charge in [-0.05, 0) is 48.5 Å². The van der Waals surface area contributed by atoms with Crippen LogP contribution in [0.2, 0.25) is 0 Å². The van der Waals surface area contributed by atoms with Crippen LogP contribution in [0.3, 0.4) is 0 Å². The topological polar surface area (TPSA) is 124 Å². The summed E-state index contributed by atoms with van der Waals surface area (Å²) in [6.45, 7) is 3.91. The van der Waals surface area contributed by atoms with Gasteiger partial charge < -0.3 is 4.74 Å². The number of hydrogen-bond donors (Lipinski definition) is 0. The van der Waals surface area contributed by atoms with Gasteiger partial charge in [0.05, 0.1) is 29.7 Å². The van der Waals surface area contributed by atoms with Gasteiger partial charge in [0, 0.05) is 16.7 Å². The van der Waals surface area contributed by atoms with Gasteiger partial charge in [-0.15, -0.1) is 5.10 Å². The third-order valence-corrected chi connectivity index (χ3v) is 5.50. The maximum atomic E-state index is 12.0. The van der Waals surface area contributed by atoms with Crippen molar-refractivity contribution in [1.82, 2.24) is 34.8 Å². The van der Waals surface area contributed by atoms with E-state index in [1.54, 1.807) is 39.9 Å². The van der Waals surface area contributed by atoms with E-state index in [0.29, 0.717) is 46.0 Å². The molecule has 3 aromatic heterocycles. The van der Waals surface area contributed by atoms with Crippen LogP contribution in [0, 0.1) is 11.3 Å². The first-order chi connectivity index (χ1) is 17.0. The van der Waals surface area contributed by atoms with Gasteiger partial charge in [-0.2, -0.15) is 10.4 Å². The Hall–Kier alpha value is -4.91. The Balaban J connectivity index is 1.49. The van der Waals surface area contributed by atoms with Crippen molar-refractivity contribution in [2.45, 2.75) is 26.5 Å². The van der Waals surface area contributed by atoms with Gasteiger partial charge in [-0.25, -0.2) is 14.2 Å².